The van der Waals surface area contributed by atoms with Gasteiger partial charge < -0.3 is 14.6 Å². The van der Waals surface area contributed by atoms with Gasteiger partial charge in [-0.15, -0.1) is 10.2 Å². The number of rotatable bonds is 6. The minimum absolute atomic E-state index is 0.194. The Morgan fingerprint density at radius 1 is 1.19 bits per heavy atom. The number of nitrogens with zero attached hydrogens (tertiary/aromatic N) is 3. The molecule has 0 aliphatic rings. The number of hydrogen-bond acceptors (Lipinski definition) is 5. The molecule has 140 valence electrons. The van der Waals surface area contributed by atoms with Crippen LogP contribution < -0.4 is 10.1 Å². The van der Waals surface area contributed by atoms with Gasteiger partial charge in [0.05, 0.1) is 23.6 Å². The van der Waals surface area contributed by atoms with Crippen LogP contribution in [0.1, 0.15) is 6.92 Å². The summed E-state index contributed by atoms with van der Waals surface area (Å²) in [5.41, 5.74) is 0.966. The highest BCUT2D eigenvalue weighted by Gasteiger charge is 2.21. The van der Waals surface area contributed by atoms with Crippen LogP contribution in [0.25, 0.3) is 11.4 Å². The lowest BCUT2D eigenvalue weighted by atomic mass is 10.2. The zero-order chi connectivity index (χ0) is 19.4. The van der Waals surface area contributed by atoms with E-state index in [1.165, 1.54) is 17.8 Å². The third kappa shape index (κ3) is 4.11. The predicted octanol–water partition coefficient (Wildman–Crippen LogP) is 3.75. The summed E-state index contributed by atoms with van der Waals surface area (Å²) in [7, 11) is 3.29. The van der Waals surface area contributed by atoms with E-state index >= 15 is 0 Å². The van der Waals surface area contributed by atoms with Gasteiger partial charge in [0, 0.05) is 7.05 Å². The second-order valence-corrected chi connectivity index (χ2v) is 7.10. The molecule has 1 heterocycles. The zero-order valence-electron chi connectivity index (χ0n) is 15.1. The molecular weight excluding hydrogens is 367 g/mol. The Labute approximate surface area is 160 Å². The van der Waals surface area contributed by atoms with Crippen molar-refractivity contribution in [1.29, 1.82) is 0 Å². The van der Waals surface area contributed by atoms with Gasteiger partial charge in [-0.2, -0.15) is 0 Å². The third-order valence-corrected chi connectivity index (χ3v) is 5.10. The number of thioether (sulfide) groups is 1. The first-order valence-electron chi connectivity index (χ1n) is 8.26. The molecule has 0 aliphatic carbocycles. The Balaban J connectivity index is 1.74. The maximum absolute atomic E-state index is 14.0. The molecule has 1 atom stereocenters. The number of carbonyl (C=O) groups is 1. The van der Waals surface area contributed by atoms with E-state index in [9.17, 15) is 9.18 Å². The van der Waals surface area contributed by atoms with Gasteiger partial charge in [0.1, 0.15) is 11.6 Å². The first-order valence-corrected chi connectivity index (χ1v) is 9.14. The molecule has 3 rings (SSSR count). The number of anilines is 1. The number of benzene rings is 2. The number of ether oxygens (including phenoxy) is 1. The molecule has 0 saturated heterocycles. The van der Waals surface area contributed by atoms with Gasteiger partial charge in [0.15, 0.2) is 11.0 Å². The maximum atomic E-state index is 14.0. The van der Waals surface area contributed by atoms with E-state index in [-0.39, 0.29) is 11.7 Å². The van der Waals surface area contributed by atoms with E-state index in [1.54, 1.807) is 56.0 Å². The minimum Gasteiger partial charge on any atom is -0.495 e. The van der Waals surface area contributed by atoms with Crippen molar-refractivity contribution in [3.63, 3.8) is 0 Å². The van der Waals surface area contributed by atoms with Crippen molar-refractivity contribution >= 4 is 23.4 Å². The molecule has 0 spiro atoms. The first kappa shape index (κ1) is 18.9. The summed E-state index contributed by atoms with van der Waals surface area (Å²) < 4.78 is 20.9. The Morgan fingerprint density at radius 3 is 2.63 bits per heavy atom. The second kappa shape index (κ2) is 8.22. The molecule has 1 amide bonds. The largest absolute Gasteiger partial charge is 0.495 e. The molecule has 1 unspecified atom stereocenters. The van der Waals surface area contributed by atoms with Crippen LogP contribution in [-0.2, 0) is 11.8 Å². The number of halogens is 1. The van der Waals surface area contributed by atoms with Gasteiger partial charge >= 0.3 is 0 Å². The monoisotopic (exact) mass is 386 g/mol. The Kier molecular flexibility index (Phi) is 5.75. The number of aromatic nitrogens is 3. The van der Waals surface area contributed by atoms with E-state index in [2.05, 4.69) is 15.5 Å². The fourth-order valence-electron chi connectivity index (χ4n) is 2.49. The van der Waals surface area contributed by atoms with Gasteiger partial charge in [-0.05, 0) is 31.2 Å². The third-order valence-electron chi connectivity index (χ3n) is 3.97. The molecule has 0 aliphatic heterocycles. The van der Waals surface area contributed by atoms with Crippen LogP contribution in [0.15, 0.2) is 53.7 Å². The average Bonchev–Trinajstić information content (AvgIpc) is 3.03. The summed E-state index contributed by atoms with van der Waals surface area (Å²) in [6.45, 7) is 1.77. The van der Waals surface area contributed by atoms with E-state index in [4.69, 9.17) is 4.74 Å². The molecular formula is C19H19FN4O2S. The van der Waals surface area contributed by atoms with Crippen molar-refractivity contribution in [2.45, 2.75) is 17.3 Å². The van der Waals surface area contributed by atoms with Crippen LogP contribution in [0, 0.1) is 5.82 Å². The fraction of sp³-hybridized carbons (Fsp3) is 0.211. The summed E-state index contributed by atoms with van der Waals surface area (Å²) in [5, 5.41) is 11.1. The number of amides is 1. The molecule has 27 heavy (non-hydrogen) atoms. The fourth-order valence-corrected chi connectivity index (χ4v) is 3.30. The molecule has 6 nitrogen and oxygen atoms in total. The van der Waals surface area contributed by atoms with Crippen molar-refractivity contribution in [3.8, 4) is 17.1 Å². The first-order chi connectivity index (χ1) is 13.0. The van der Waals surface area contributed by atoms with Crippen molar-refractivity contribution in [2.24, 2.45) is 7.05 Å². The minimum atomic E-state index is -0.439. The van der Waals surface area contributed by atoms with Gasteiger partial charge in [0.25, 0.3) is 0 Å². The summed E-state index contributed by atoms with van der Waals surface area (Å²) in [6.07, 6.45) is 0. The van der Waals surface area contributed by atoms with Crippen molar-refractivity contribution in [1.82, 2.24) is 14.8 Å². The summed E-state index contributed by atoms with van der Waals surface area (Å²) >= 11 is 1.25. The summed E-state index contributed by atoms with van der Waals surface area (Å²) in [6, 6.07) is 13.6. The lowest BCUT2D eigenvalue weighted by Crippen LogP contribution is -2.23. The van der Waals surface area contributed by atoms with E-state index in [0.717, 1.165) is 0 Å². The van der Waals surface area contributed by atoms with Crippen LogP contribution in [0.4, 0.5) is 10.1 Å². The predicted molar refractivity (Wildman–Crippen MR) is 103 cm³/mol. The van der Waals surface area contributed by atoms with Crippen LogP contribution in [0.2, 0.25) is 0 Å². The smallest absolute Gasteiger partial charge is 0.237 e. The average molecular weight is 386 g/mol. The van der Waals surface area contributed by atoms with Crippen molar-refractivity contribution < 1.29 is 13.9 Å². The highest BCUT2D eigenvalue weighted by Crippen LogP contribution is 2.29. The summed E-state index contributed by atoms with van der Waals surface area (Å²) in [5.74, 6) is 0.433. The topological polar surface area (TPSA) is 69.0 Å². The Hall–Kier alpha value is -2.87. The molecule has 0 saturated carbocycles. The van der Waals surface area contributed by atoms with Gasteiger partial charge in [-0.3, -0.25) is 4.79 Å². The normalized spacial score (nSPS) is 11.9. The van der Waals surface area contributed by atoms with E-state index in [0.29, 0.717) is 28.0 Å². The highest BCUT2D eigenvalue weighted by molar-refractivity contribution is 8.00. The molecule has 2 aromatic carbocycles. The number of nitrogens with one attached hydrogen (secondary N) is 1. The molecule has 0 radical (unpaired) electrons. The number of methoxy groups -OCH3 is 1. The van der Waals surface area contributed by atoms with E-state index in [1.807, 2.05) is 12.1 Å². The van der Waals surface area contributed by atoms with Crippen molar-refractivity contribution in [3.05, 3.63) is 54.3 Å². The Morgan fingerprint density at radius 2 is 1.89 bits per heavy atom. The molecule has 8 heteroatoms. The summed E-state index contributed by atoms with van der Waals surface area (Å²) in [4.78, 5) is 12.5. The van der Waals surface area contributed by atoms with Crippen LogP contribution in [-0.4, -0.2) is 33.0 Å². The quantitative estimate of drug-likeness (QED) is 0.654. The number of carbonyl (C=O) groups excluding carboxylic acids is 1. The van der Waals surface area contributed by atoms with Crippen LogP contribution >= 0.6 is 11.8 Å². The maximum Gasteiger partial charge on any atom is 0.237 e. The lowest BCUT2D eigenvalue weighted by molar-refractivity contribution is -0.115. The second-order valence-electron chi connectivity index (χ2n) is 5.79. The molecule has 1 N–H and O–H groups in total. The van der Waals surface area contributed by atoms with Gasteiger partial charge in [-0.1, -0.05) is 36.0 Å². The standard InChI is InChI=1S/C19H19FN4O2S/c1-12(18(25)21-15-10-6-7-11-16(15)26-3)27-19-23-22-17(24(19)2)13-8-4-5-9-14(13)20/h4-12H,1-3H3,(H,21,25). The molecule has 0 fully saturated rings. The zero-order valence-corrected chi connectivity index (χ0v) is 16.0. The lowest BCUT2D eigenvalue weighted by Gasteiger charge is -2.13. The van der Waals surface area contributed by atoms with Gasteiger partial charge in [0.2, 0.25) is 5.91 Å². The molecule has 1 aromatic heterocycles. The molecule has 0 bridgehead atoms. The van der Waals surface area contributed by atoms with Gasteiger partial charge in [-0.25, -0.2) is 4.39 Å². The number of hydrogen-bond donors (Lipinski definition) is 1. The van der Waals surface area contributed by atoms with Crippen molar-refractivity contribution in [2.75, 3.05) is 12.4 Å². The Bertz CT molecular complexity index is 960. The SMILES string of the molecule is COc1ccccc1NC(=O)C(C)Sc1nnc(-c2ccccc2F)n1C. The van der Waals surface area contributed by atoms with Crippen LogP contribution in [0.5, 0.6) is 5.75 Å². The molecule has 3 aromatic rings. The van der Waals surface area contributed by atoms with Crippen LogP contribution in [0.3, 0.4) is 0 Å². The number of para-hydroxylation sites is 2. The van der Waals surface area contributed by atoms with E-state index < -0.39 is 5.25 Å². The highest BCUT2D eigenvalue weighted by atomic mass is 32.2.